The summed E-state index contributed by atoms with van der Waals surface area (Å²) in [5.74, 6) is 0.387. The highest BCUT2D eigenvalue weighted by Gasteiger charge is 2.16. The van der Waals surface area contributed by atoms with Crippen LogP contribution in [0.5, 0.6) is 0 Å². The first-order valence-corrected chi connectivity index (χ1v) is 11.2. The van der Waals surface area contributed by atoms with Crippen LogP contribution in [0.2, 0.25) is 5.02 Å². The fourth-order valence-electron chi connectivity index (χ4n) is 3.06. The Hall–Kier alpha value is -2.84. The van der Waals surface area contributed by atoms with E-state index >= 15 is 0 Å². The minimum absolute atomic E-state index is 0.101. The molecule has 3 aromatic rings. The zero-order chi connectivity index (χ0) is 22.4. The highest BCUT2D eigenvalue weighted by atomic mass is 35.5. The number of hydrogen-bond acceptors (Lipinski definition) is 5. The molecule has 3 rings (SSSR count). The summed E-state index contributed by atoms with van der Waals surface area (Å²) in [6.45, 7) is 6.51. The fourth-order valence-corrected chi connectivity index (χ4v) is 4.07. The van der Waals surface area contributed by atoms with Crippen LogP contribution in [0.25, 0.3) is 0 Å². The molecule has 0 fully saturated rings. The Bertz CT molecular complexity index is 1100. The summed E-state index contributed by atoms with van der Waals surface area (Å²) in [6, 6.07) is 12.9. The lowest BCUT2D eigenvalue weighted by atomic mass is 10.1. The van der Waals surface area contributed by atoms with Gasteiger partial charge in [0, 0.05) is 22.9 Å². The van der Waals surface area contributed by atoms with E-state index in [2.05, 4.69) is 20.8 Å². The molecule has 0 atom stereocenters. The molecule has 31 heavy (non-hydrogen) atoms. The number of hydrogen-bond donors (Lipinski definition) is 2. The normalized spacial score (nSPS) is 10.7. The van der Waals surface area contributed by atoms with Crippen molar-refractivity contribution in [2.75, 3.05) is 16.4 Å². The van der Waals surface area contributed by atoms with Crippen LogP contribution in [0.15, 0.2) is 47.6 Å². The molecule has 0 aliphatic heterocycles. The van der Waals surface area contributed by atoms with Gasteiger partial charge in [0.1, 0.15) is 5.82 Å². The lowest BCUT2D eigenvalue weighted by molar-refractivity contribution is -0.116. The first-order valence-electron chi connectivity index (χ1n) is 9.83. The molecular formula is C22H24ClN5O2S. The van der Waals surface area contributed by atoms with Gasteiger partial charge in [-0.3, -0.25) is 9.59 Å². The Morgan fingerprint density at radius 1 is 1.06 bits per heavy atom. The molecule has 0 aliphatic carbocycles. The van der Waals surface area contributed by atoms with Crippen LogP contribution in [0, 0.1) is 13.8 Å². The molecule has 1 heterocycles. The maximum atomic E-state index is 12.5. The van der Waals surface area contributed by atoms with Crippen molar-refractivity contribution in [3.63, 3.8) is 0 Å². The quantitative estimate of drug-likeness (QED) is 0.487. The number of benzene rings is 2. The number of thioether (sulfide) groups is 1. The largest absolute Gasteiger partial charge is 0.325 e. The number of carbonyl (C=O) groups excluding carboxylic acids is 2. The number of aryl methyl sites for hydroxylation is 2. The lowest BCUT2D eigenvalue weighted by Gasteiger charge is -2.10. The van der Waals surface area contributed by atoms with Crippen molar-refractivity contribution < 1.29 is 9.59 Å². The second kappa shape index (κ2) is 10.5. The summed E-state index contributed by atoms with van der Waals surface area (Å²) >= 11 is 7.21. The van der Waals surface area contributed by atoms with Crippen molar-refractivity contribution in [2.45, 2.75) is 38.9 Å². The van der Waals surface area contributed by atoms with Crippen LogP contribution < -0.4 is 10.6 Å². The summed E-state index contributed by atoms with van der Waals surface area (Å²) in [5, 5.41) is 15.2. The summed E-state index contributed by atoms with van der Waals surface area (Å²) in [4.78, 5) is 24.8. The third kappa shape index (κ3) is 6.32. The molecule has 0 saturated carbocycles. The average molecular weight is 458 g/mol. The van der Waals surface area contributed by atoms with Crippen LogP contribution in [-0.2, 0) is 22.6 Å². The van der Waals surface area contributed by atoms with Gasteiger partial charge in [-0.15, -0.1) is 10.2 Å². The highest BCUT2D eigenvalue weighted by molar-refractivity contribution is 7.99. The van der Waals surface area contributed by atoms with Gasteiger partial charge >= 0.3 is 0 Å². The van der Waals surface area contributed by atoms with Gasteiger partial charge in [0.25, 0.3) is 0 Å². The van der Waals surface area contributed by atoms with Crippen molar-refractivity contribution >= 4 is 46.6 Å². The molecule has 0 unspecified atom stereocenters. The third-order valence-corrected chi connectivity index (χ3v) is 5.73. The van der Waals surface area contributed by atoms with E-state index < -0.39 is 0 Å². The molecule has 162 valence electrons. The minimum Gasteiger partial charge on any atom is -0.325 e. The molecule has 2 aromatic carbocycles. The van der Waals surface area contributed by atoms with E-state index in [9.17, 15) is 9.59 Å². The van der Waals surface area contributed by atoms with Crippen LogP contribution in [0.1, 0.15) is 23.9 Å². The number of carbonyl (C=O) groups is 2. The van der Waals surface area contributed by atoms with Gasteiger partial charge in [-0.25, -0.2) is 0 Å². The van der Waals surface area contributed by atoms with Crippen molar-refractivity contribution in [3.05, 3.63) is 64.4 Å². The number of aromatic nitrogens is 3. The second-order valence-corrected chi connectivity index (χ2v) is 8.41. The SMILES string of the molecule is CCn1c(CC(=O)Nc2ccc(C)cc2C)nnc1SCC(=O)Nc1cccc(Cl)c1. The Morgan fingerprint density at radius 2 is 1.87 bits per heavy atom. The Labute approximate surface area is 190 Å². The first-order chi connectivity index (χ1) is 14.9. The van der Waals surface area contributed by atoms with Gasteiger partial charge in [0.05, 0.1) is 12.2 Å². The monoisotopic (exact) mass is 457 g/mol. The van der Waals surface area contributed by atoms with Crippen LogP contribution in [0.3, 0.4) is 0 Å². The van der Waals surface area contributed by atoms with E-state index in [1.165, 1.54) is 11.8 Å². The summed E-state index contributed by atoms with van der Waals surface area (Å²) in [5.41, 5.74) is 3.57. The van der Waals surface area contributed by atoms with Crippen molar-refractivity contribution in [2.24, 2.45) is 0 Å². The molecular weight excluding hydrogens is 434 g/mol. The van der Waals surface area contributed by atoms with Gasteiger partial charge in [0.2, 0.25) is 11.8 Å². The van der Waals surface area contributed by atoms with Crippen molar-refractivity contribution in [1.29, 1.82) is 0 Å². The Balaban J connectivity index is 1.59. The number of amides is 2. The molecule has 0 radical (unpaired) electrons. The average Bonchev–Trinajstić information content (AvgIpc) is 3.10. The van der Waals surface area contributed by atoms with Gasteiger partial charge in [-0.05, 0) is 50.6 Å². The predicted octanol–water partition coefficient (Wildman–Crippen LogP) is 4.48. The van der Waals surface area contributed by atoms with Crippen LogP contribution in [0.4, 0.5) is 11.4 Å². The fraction of sp³-hybridized carbons (Fsp3) is 0.273. The van der Waals surface area contributed by atoms with Crippen molar-refractivity contribution in [3.8, 4) is 0 Å². The van der Waals surface area contributed by atoms with E-state index in [0.29, 0.717) is 28.2 Å². The molecule has 0 bridgehead atoms. The molecule has 2 N–H and O–H groups in total. The van der Waals surface area contributed by atoms with E-state index in [4.69, 9.17) is 11.6 Å². The van der Waals surface area contributed by atoms with Crippen LogP contribution >= 0.6 is 23.4 Å². The van der Waals surface area contributed by atoms with E-state index in [-0.39, 0.29) is 24.0 Å². The number of nitrogens with one attached hydrogen (secondary N) is 2. The van der Waals surface area contributed by atoms with Gasteiger partial charge in [-0.1, -0.05) is 47.1 Å². The zero-order valence-electron chi connectivity index (χ0n) is 17.6. The second-order valence-electron chi connectivity index (χ2n) is 7.03. The first kappa shape index (κ1) is 22.8. The Kier molecular flexibility index (Phi) is 7.70. The van der Waals surface area contributed by atoms with E-state index in [1.54, 1.807) is 24.3 Å². The summed E-state index contributed by atoms with van der Waals surface area (Å²) in [7, 11) is 0. The topological polar surface area (TPSA) is 88.9 Å². The van der Waals surface area contributed by atoms with Crippen LogP contribution in [-0.4, -0.2) is 32.3 Å². The maximum absolute atomic E-state index is 12.5. The molecule has 7 nitrogen and oxygen atoms in total. The summed E-state index contributed by atoms with van der Waals surface area (Å²) in [6.07, 6.45) is 0.101. The molecule has 1 aromatic heterocycles. The van der Waals surface area contributed by atoms with Gasteiger partial charge in [0.15, 0.2) is 5.16 Å². The smallest absolute Gasteiger partial charge is 0.234 e. The van der Waals surface area contributed by atoms with Gasteiger partial charge < -0.3 is 15.2 Å². The van der Waals surface area contributed by atoms with Crippen molar-refractivity contribution in [1.82, 2.24) is 14.8 Å². The zero-order valence-corrected chi connectivity index (χ0v) is 19.2. The molecule has 9 heteroatoms. The molecule has 0 aliphatic rings. The molecule has 2 amide bonds. The standard InChI is InChI=1S/C22H24ClN5O2S/c1-4-28-19(12-20(29)25-18-9-8-14(2)10-15(18)3)26-27-22(28)31-13-21(30)24-17-7-5-6-16(23)11-17/h5-11H,4,12-13H2,1-3H3,(H,24,30)(H,25,29). The number of rotatable bonds is 8. The highest BCUT2D eigenvalue weighted by Crippen LogP contribution is 2.20. The lowest BCUT2D eigenvalue weighted by Crippen LogP contribution is -2.18. The Morgan fingerprint density at radius 3 is 2.58 bits per heavy atom. The predicted molar refractivity (Wildman–Crippen MR) is 125 cm³/mol. The summed E-state index contributed by atoms with van der Waals surface area (Å²) < 4.78 is 1.85. The number of halogens is 1. The molecule has 0 spiro atoms. The third-order valence-electron chi connectivity index (χ3n) is 4.53. The van der Waals surface area contributed by atoms with E-state index in [1.807, 2.05) is 43.5 Å². The molecule has 0 saturated heterocycles. The number of anilines is 2. The van der Waals surface area contributed by atoms with Gasteiger partial charge in [-0.2, -0.15) is 0 Å². The minimum atomic E-state index is -0.174. The number of nitrogens with zero attached hydrogens (tertiary/aromatic N) is 3. The van der Waals surface area contributed by atoms with E-state index in [0.717, 1.165) is 16.8 Å². The maximum Gasteiger partial charge on any atom is 0.234 e.